The third kappa shape index (κ3) is 1.71. The van der Waals surface area contributed by atoms with Crippen molar-refractivity contribution in [1.29, 1.82) is 0 Å². The Morgan fingerprint density at radius 2 is 2.31 bits per heavy atom. The van der Waals surface area contributed by atoms with Crippen LogP contribution in [0.2, 0.25) is 0 Å². The highest BCUT2D eigenvalue weighted by molar-refractivity contribution is 9.10. The van der Waals surface area contributed by atoms with Gasteiger partial charge in [0.2, 0.25) is 0 Å². The molecule has 1 aliphatic heterocycles. The van der Waals surface area contributed by atoms with Gasteiger partial charge in [0.05, 0.1) is 5.92 Å². The van der Waals surface area contributed by atoms with Gasteiger partial charge in [0.1, 0.15) is 0 Å². The Balaban J connectivity index is 2.46. The number of hydrogen-bond acceptors (Lipinski definition) is 2. The van der Waals surface area contributed by atoms with Crippen molar-refractivity contribution in [3.63, 3.8) is 0 Å². The first kappa shape index (κ1) is 11.5. The van der Waals surface area contributed by atoms with Crippen LogP contribution in [0.1, 0.15) is 18.4 Å². The van der Waals surface area contributed by atoms with Crippen LogP contribution >= 0.6 is 15.9 Å². The Kier molecular flexibility index (Phi) is 2.93. The van der Waals surface area contributed by atoms with E-state index in [1.807, 2.05) is 25.2 Å². The average Bonchev–Trinajstić information content (AvgIpc) is 2.57. The van der Waals surface area contributed by atoms with Crippen LogP contribution in [0.25, 0.3) is 0 Å². The zero-order chi connectivity index (χ0) is 11.9. The van der Waals surface area contributed by atoms with Crippen LogP contribution in [0.15, 0.2) is 22.7 Å². The Labute approximate surface area is 103 Å². The fourth-order valence-corrected chi connectivity index (χ4v) is 2.94. The number of nitrogens with zero attached hydrogens (tertiary/aromatic N) is 1. The number of carboxylic acids is 1. The van der Waals surface area contributed by atoms with Gasteiger partial charge in [0.25, 0.3) is 0 Å². The van der Waals surface area contributed by atoms with Crippen molar-refractivity contribution in [3.05, 3.63) is 28.2 Å². The van der Waals surface area contributed by atoms with Gasteiger partial charge in [-0.25, -0.2) is 0 Å². The Bertz CT molecular complexity index is 433. The van der Waals surface area contributed by atoms with E-state index >= 15 is 0 Å². The number of likely N-dealkylation sites (N-methyl/N-ethyl adjacent to an activating group) is 1. The molecule has 0 saturated heterocycles. The minimum atomic E-state index is -0.734. The van der Waals surface area contributed by atoms with Gasteiger partial charge in [-0.05, 0) is 17.7 Å². The summed E-state index contributed by atoms with van der Waals surface area (Å²) >= 11 is 3.51. The molecule has 0 spiro atoms. The lowest BCUT2D eigenvalue weighted by Gasteiger charge is -2.16. The first-order valence-corrected chi connectivity index (χ1v) is 6.04. The Morgan fingerprint density at radius 3 is 2.94 bits per heavy atom. The summed E-state index contributed by atoms with van der Waals surface area (Å²) in [6.07, 6.45) is 0. The number of carbonyl (C=O) groups is 1. The van der Waals surface area contributed by atoms with Gasteiger partial charge in [-0.15, -0.1) is 0 Å². The maximum atomic E-state index is 11.1. The molecule has 0 bridgehead atoms. The maximum absolute atomic E-state index is 11.1. The van der Waals surface area contributed by atoms with Crippen molar-refractivity contribution in [1.82, 2.24) is 0 Å². The summed E-state index contributed by atoms with van der Waals surface area (Å²) < 4.78 is 1.01. The van der Waals surface area contributed by atoms with Crippen molar-refractivity contribution in [3.8, 4) is 0 Å². The molecule has 1 aromatic carbocycles. The largest absolute Gasteiger partial charge is 0.481 e. The van der Waals surface area contributed by atoms with Crippen molar-refractivity contribution < 1.29 is 9.90 Å². The van der Waals surface area contributed by atoms with Crippen LogP contribution in [0, 0.1) is 5.92 Å². The molecule has 2 atom stereocenters. The van der Waals surface area contributed by atoms with Crippen LogP contribution in [0.5, 0.6) is 0 Å². The van der Waals surface area contributed by atoms with Crippen molar-refractivity contribution >= 4 is 27.6 Å². The lowest BCUT2D eigenvalue weighted by Crippen LogP contribution is -2.23. The van der Waals surface area contributed by atoms with Gasteiger partial charge in [0, 0.05) is 29.7 Å². The third-order valence-electron chi connectivity index (χ3n) is 3.28. The molecule has 0 aliphatic carbocycles. The fraction of sp³-hybridized carbons (Fsp3) is 0.417. The molecule has 2 rings (SSSR count). The second-order valence-electron chi connectivity index (χ2n) is 4.29. The van der Waals surface area contributed by atoms with Crippen LogP contribution < -0.4 is 4.90 Å². The SMILES string of the molecule is CC(C(=O)O)C1CN(C)c2cccc(Br)c21. The molecule has 2 unspecified atom stereocenters. The summed E-state index contributed by atoms with van der Waals surface area (Å²) in [7, 11) is 2.00. The highest BCUT2D eigenvalue weighted by Gasteiger charge is 2.35. The monoisotopic (exact) mass is 283 g/mol. The van der Waals surface area contributed by atoms with Crippen molar-refractivity contribution in [2.45, 2.75) is 12.8 Å². The van der Waals surface area contributed by atoms with Crippen LogP contribution in [-0.4, -0.2) is 24.7 Å². The van der Waals surface area contributed by atoms with Gasteiger partial charge in [-0.1, -0.05) is 28.9 Å². The van der Waals surface area contributed by atoms with Gasteiger partial charge < -0.3 is 10.0 Å². The summed E-state index contributed by atoms with van der Waals surface area (Å²) in [5.41, 5.74) is 2.26. The van der Waals surface area contributed by atoms with Crippen molar-refractivity contribution in [2.24, 2.45) is 5.92 Å². The number of carboxylic acid groups (broad SMARTS) is 1. The van der Waals surface area contributed by atoms with Crippen LogP contribution in [0.4, 0.5) is 5.69 Å². The Morgan fingerprint density at radius 1 is 1.62 bits per heavy atom. The summed E-state index contributed by atoms with van der Waals surface area (Å²) in [6, 6.07) is 5.99. The molecule has 3 nitrogen and oxygen atoms in total. The number of aliphatic carboxylic acids is 1. The van der Waals surface area contributed by atoms with E-state index < -0.39 is 5.97 Å². The standard InChI is InChI=1S/C12H14BrNO2/c1-7(12(15)16)8-6-14(2)10-5-3-4-9(13)11(8)10/h3-5,7-8H,6H2,1-2H3,(H,15,16). The number of anilines is 1. The zero-order valence-corrected chi connectivity index (χ0v) is 10.9. The first-order valence-electron chi connectivity index (χ1n) is 5.24. The second-order valence-corrected chi connectivity index (χ2v) is 5.14. The zero-order valence-electron chi connectivity index (χ0n) is 9.27. The van der Waals surface area contributed by atoms with Gasteiger partial charge >= 0.3 is 5.97 Å². The summed E-state index contributed by atoms with van der Waals surface area (Å²) in [4.78, 5) is 13.2. The Hall–Kier alpha value is -1.03. The van der Waals surface area contributed by atoms with E-state index in [1.165, 1.54) is 0 Å². The lowest BCUT2D eigenvalue weighted by atomic mass is 9.89. The highest BCUT2D eigenvalue weighted by atomic mass is 79.9. The number of rotatable bonds is 2. The van der Waals surface area contributed by atoms with Crippen molar-refractivity contribution in [2.75, 3.05) is 18.5 Å². The molecule has 1 N–H and O–H groups in total. The van der Waals surface area contributed by atoms with Gasteiger partial charge in [-0.2, -0.15) is 0 Å². The fourth-order valence-electron chi connectivity index (χ4n) is 2.29. The van der Waals surface area contributed by atoms with E-state index in [-0.39, 0.29) is 11.8 Å². The van der Waals surface area contributed by atoms with E-state index in [0.29, 0.717) is 0 Å². The predicted octanol–water partition coefficient (Wildman–Crippen LogP) is 2.70. The molecule has 16 heavy (non-hydrogen) atoms. The normalized spacial score (nSPS) is 20.7. The molecular weight excluding hydrogens is 270 g/mol. The van der Waals surface area contributed by atoms with E-state index in [4.69, 9.17) is 5.11 Å². The van der Waals surface area contributed by atoms with E-state index in [1.54, 1.807) is 6.92 Å². The average molecular weight is 284 g/mol. The van der Waals surface area contributed by atoms with Gasteiger partial charge in [-0.3, -0.25) is 4.79 Å². The summed E-state index contributed by atoms with van der Waals surface area (Å²) in [5.74, 6) is -1.03. The quantitative estimate of drug-likeness (QED) is 0.907. The molecule has 0 aromatic heterocycles. The highest BCUT2D eigenvalue weighted by Crippen LogP contribution is 2.43. The molecule has 1 heterocycles. The summed E-state index contributed by atoms with van der Waals surface area (Å²) in [5, 5.41) is 9.11. The minimum absolute atomic E-state index is 0.0630. The number of halogens is 1. The second kappa shape index (κ2) is 4.09. The van der Waals surface area contributed by atoms with E-state index in [9.17, 15) is 4.79 Å². The van der Waals surface area contributed by atoms with Gasteiger partial charge in [0.15, 0.2) is 0 Å². The minimum Gasteiger partial charge on any atom is -0.481 e. The molecular formula is C12H14BrNO2. The number of benzene rings is 1. The summed E-state index contributed by atoms with van der Waals surface area (Å²) in [6.45, 7) is 2.54. The molecule has 0 saturated carbocycles. The topological polar surface area (TPSA) is 40.5 Å². The first-order chi connectivity index (χ1) is 7.52. The number of fused-ring (bicyclic) bond motifs is 1. The molecule has 1 aliphatic rings. The van der Waals surface area contributed by atoms with Crippen LogP contribution in [0.3, 0.4) is 0 Å². The smallest absolute Gasteiger partial charge is 0.306 e. The van der Waals surface area contributed by atoms with E-state index in [2.05, 4.69) is 20.8 Å². The lowest BCUT2D eigenvalue weighted by molar-refractivity contribution is -0.141. The molecule has 4 heteroatoms. The maximum Gasteiger partial charge on any atom is 0.306 e. The molecule has 86 valence electrons. The predicted molar refractivity (Wildman–Crippen MR) is 67.0 cm³/mol. The van der Waals surface area contributed by atoms with E-state index in [0.717, 1.165) is 22.3 Å². The molecule has 0 amide bonds. The molecule has 0 radical (unpaired) electrons. The molecule has 1 aromatic rings. The van der Waals surface area contributed by atoms with Crippen LogP contribution in [-0.2, 0) is 4.79 Å². The molecule has 0 fully saturated rings. The third-order valence-corrected chi connectivity index (χ3v) is 3.97. The number of hydrogen-bond donors (Lipinski definition) is 1.